The van der Waals surface area contributed by atoms with Gasteiger partial charge in [-0.25, -0.2) is 22.9 Å². The summed E-state index contributed by atoms with van der Waals surface area (Å²) in [4.78, 5) is 6.43. The Kier molecular flexibility index (Phi) is 4.58. The van der Waals surface area contributed by atoms with Crippen molar-refractivity contribution in [2.75, 3.05) is 11.4 Å². The molecule has 3 aromatic carbocycles. The number of hydrogen-bond donors (Lipinski definition) is 1. The lowest BCUT2D eigenvalue weighted by molar-refractivity contribution is 0.534. The van der Waals surface area contributed by atoms with Crippen LogP contribution in [0.3, 0.4) is 0 Å². The van der Waals surface area contributed by atoms with Gasteiger partial charge >= 0.3 is 0 Å². The van der Waals surface area contributed by atoms with Crippen LogP contribution < -0.4 is 14.8 Å². The maximum absolute atomic E-state index is 13.1. The van der Waals surface area contributed by atoms with Crippen LogP contribution in [0.2, 0.25) is 0 Å². The minimum absolute atomic E-state index is 0.0194. The molecule has 8 heteroatoms. The van der Waals surface area contributed by atoms with Crippen LogP contribution >= 0.6 is 0 Å². The van der Waals surface area contributed by atoms with E-state index in [0.29, 0.717) is 23.0 Å². The number of primary sulfonamides is 1. The van der Waals surface area contributed by atoms with E-state index in [0.717, 1.165) is 5.69 Å². The monoisotopic (exact) mass is 397 g/mol. The minimum atomic E-state index is -3.83. The highest BCUT2D eigenvalue weighted by Crippen LogP contribution is 2.37. The van der Waals surface area contributed by atoms with Gasteiger partial charge < -0.3 is 9.64 Å². The molecule has 28 heavy (non-hydrogen) atoms. The van der Waals surface area contributed by atoms with Gasteiger partial charge in [-0.15, -0.1) is 0 Å². The van der Waals surface area contributed by atoms with Crippen LogP contribution in [0.1, 0.15) is 0 Å². The third kappa shape index (κ3) is 3.73. The fourth-order valence-electron chi connectivity index (χ4n) is 2.93. The second-order valence-electron chi connectivity index (χ2n) is 6.18. The molecule has 0 unspecified atom stereocenters. The fraction of sp³-hybridized carbons (Fsp3) is 0.0500. The van der Waals surface area contributed by atoms with Crippen molar-refractivity contribution in [1.29, 1.82) is 0 Å². The smallest absolute Gasteiger partial charge is 0.238 e. The number of halogens is 1. The molecular weight excluding hydrogens is 381 g/mol. The Labute approximate surface area is 161 Å². The Morgan fingerprint density at radius 2 is 1.75 bits per heavy atom. The lowest BCUT2D eigenvalue weighted by atomic mass is 10.2. The Morgan fingerprint density at radius 3 is 2.50 bits per heavy atom. The van der Waals surface area contributed by atoms with Gasteiger partial charge in [-0.05, 0) is 54.6 Å². The number of para-hydroxylation sites is 2. The van der Waals surface area contributed by atoms with Crippen molar-refractivity contribution < 1.29 is 17.5 Å². The van der Waals surface area contributed by atoms with E-state index in [-0.39, 0.29) is 17.3 Å². The van der Waals surface area contributed by atoms with Crippen LogP contribution in [0.25, 0.3) is 0 Å². The predicted octanol–water partition coefficient (Wildman–Crippen LogP) is 3.73. The average Bonchev–Trinajstić information content (AvgIpc) is 2.68. The van der Waals surface area contributed by atoms with Crippen molar-refractivity contribution in [1.82, 2.24) is 0 Å². The maximum Gasteiger partial charge on any atom is 0.238 e. The number of aliphatic imine (C=N–C) groups is 1. The summed E-state index contributed by atoms with van der Waals surface area (Å²) >= 11 is 0. The third-order valence-corrected chi connectivity index (χ3v) is 5.13. The molecule has 0 radical (unpaired) electrons. The highest BCUT2D eigenvalue weighted by molar-refractivity contribution is 7.89. The molecule has 0 saturated heterocycles. The van der Waals surface area contributed by atoms with E-state index in [9.17, 15) is 12.8 Å². The van der Waals surface area contributed by atoms with Gasteiger partial charge in [0, 0.05) is 5.69 Å². The molecule has 0 aliphatic carbocycles. The van der Waals surface area contributed by atoms with Crippen molar-refractivity contribution in [3.05, 3.63) is 78.6 Å². The van der Waals surface area contributed by atoms with Crippen LogP contribution in [0.4, 0.5) is 21.5 Å². The number of nitrogens with two attached hydrogens (primary N) is 1. The molecule has 0 amide bonds. The summed E-state index contributed by atoms with van der Waals surface area (Å²) in [6.45, 7) is 0.266. The molecule has 0 bridgehead atoms. The number of benzene rings is 3. The first kappa shape index (κ1) is 18.1. The molecule has 1 aliphatic heterocycles. The highest BCUT2D eigenvalue weighted by atomic mass is 32.2. The van der Waals surface area contributed by atoms with Crippen molar-refractivity contribution in [3.8, 4) is 5.75 Å². The molecule has 142 valence electrons. The summed E-state index contributed by atoms with van der Waals surface area (Å²) in [5.41, 5.74) is 2.11. The first-order chi connectivity index (χ1) is 13.4. The largest absolute Gasteiger partial charge is 0.441 e. The lowest BCUT2D eigenvalue weighted by Gasteiger charge is -2.30. The van der Waals surface area contributed by atoms with Crippen LogP contribution in [-0.2, 0) is 10.0 Å². The predicted molar refractivity (Wildman–Crippen MR) is 105 cm³/mol. The molecule has 6 nitrogen and oxygen atoms in total. The van der Waals surface area contributed by atoms with Crippen molar-refractivity contribution >= 4 is 33.0 Å². The number of anilines is 2. The SMILES string of the molecule is NS(=O)(=O)c1cccc(N2CC(Oc3ccc(F)cc3)=Nc3ccccc32)c1. The van der Waals surface area contributed by atoms with Gasteiger partial charge in [0.05, 0.1) is 22.8 Å². The van der Waals surface area contributed by atoms with Gasteiger partial charge in [-0.3, -0.25) is 0 Å². The van der Waals surface area contributed by atoms with E-state index >= 15 is 0 Å². The van der Waals surface area contributed by atoms with Gasteiger partial charge in [0.25, 0.3) is 0 Å². The zero-order valence-corrected chi connectivity index (χ0v) is 15.4. The van der Waals surface area contributed by atoms with E-state index in [1.807, 2.05) is 29.2 Å². The zero-order chi connectivity index (χ0) is 19.7. The summed E-state index contributed by atoms with van der Waals surface area (Å²) in [7, 11) is -3.83. The van der Waals surface area contributed by atoms with Gasteiger partial charge in [-0.2, -0.15) is 0 Å². The summed E-state index contributed by atoms with van der Waals surface area (Å²) < 4.78 is 42.4. The quantitative estimate of drug-likeness (QED) is 0.730. The summed E-state index contributed by atoms with van der Waals surface area (Å²) in [6.07, 6.45) is 0. The summed E-state index contributed by atoms with van der Waals surface area (Å²) in [5.74, 6) is 0.494. The number of nitrogens with zero attached hydrogens (tertiary/aromatic N) is 2. The maximum atomic E-state index is 13.1. The second-order valence-corrected chi connectivity index (χ2v) is 7.74. The number of ether oxygens (including phenoxy) is 1. The van der Waals surface area contributed by atoms with Crippen LogP contribution in [0.15, 0.2) is 82.7 Å². The summed E-state index contributed by atoms with van der Waals surface area (Å²) in [6, 6.07) is 19.4. The van der Waals surface area contributed by atoms with E-state index < -0.39 is 10.0 Å². The number of sulfonamides is 1. The zero-order valence-electron chi connectivity index (χ0n) is 14.6. The van der Waals surface area contributed by atoms with Gasteiger partial charge in [0.15, 0.2) is 0 Å². The van der Waals surface area contributed by atoms with E-state index in [1.165, 1.54) is 36.4 Å². The topological polar surface area (TPSA) is 85.0 Å². The average molecular weight is 397 g/mol. The normalized spacial score (nSPS) is 13.6. The van der Waals surface area contributed by atoms with Crippen LogP contribution in [-0.4, -0.2) is 20.9 Å². The standard InChI is InChI=1S/C20H16FN3O3S/c21-14-8-10-16(11-9-14)27-20-13-24(19-7-2-1-6-18(19)23-20)15-4-3-5-17(12-15)28(22,25)26/h1-12H,13H2,(H2,22,25,26). The van der Waals surface area contributed by atoms with E-state index in [2.05, 4.69) is 4.99 Å². The molecule has 0 saturated carbocycles. The molecule has 0 spiro atoms. The molecule has 1 heterocycles. The van der Waals surface area contributed by atoms with E-state index in [4.69, 9.17) is 9.88 Å². The molecule has 4 rings (SSSR count). The van der Waals surface area contributed by atoms with Crippen LogP contribution in [0, 0.1) is 5.82 Å². The lowest BCUT2D eigenvalue weighted by Crippen LogP contribution is -2.31. The van der Waals surface area contributed by atoms with Gasteiger partial charge in [-0.1, -0.05) is 18.2 Å². The second kappa shape index (κ2) is 7.06. The first-order valence-corrected chi connectivity index (χ1v) is 9.95. The molecule has 1 aliphatic rings. The number of rotatable bonds is 3. The van der Waals surface area contributed by atoms with Crippen molar-refractivity contribution in [3.63, 3.8) is 0 Å². The van der Waals surface area contributed by atoms with Gasteiger partial charge in [0.1, 0.15) is 11.6 Å². The highest BCUT2D eigenvalue weighted by Gasteiger charge is 2.23. The third-order valence-electron chi connectivity index (χ3n) is 4.22. The Hall–Kier alpha value is -3.23. The molecule has 3 aromatic rings. The Bertz CT molecular complexity index is 1160. The molecular formula is C20H16FN3O3S. The summed E-state index contributed by atoms with van der Waals surface area (Å²) in [5, 5.41) is 5.27. The molecule has 0 atom stereocenters. The van der Waals surface area contributed by atoms with E-state index in [1.54, 1.807) is 12.1 Å². The fourth-order valence-corrected chi connectivity index (χ4v) is 3.48. The Balaban J connectivity index is 1.73. The molecule has 2 N–H and O–H groups in total. The van der Waals surface area contributed by atoms with Crippen molar-refractivity contribution in [2.45, 2.75) is 4.90 Å². The Morgan fingerprint density at radius 1 is 1.00 bits per heavy atom. The van der Waals surface area contributed by atoms with Crippen molar-refractivity contribution in [2.24, 2.45) is 10.1 Å². The minimum Gasteiger partial charge on any atom is -0.441 e. The van der Waals surface area contributed by atoms with Crippen LogP contribution in [0.5, 0.6) is 5.75 Å². The molecule has 0 aromatic heterocycles. The number of fused-ring (bicyclic) bond motifs is 1. The first-order valence-electron chi connectivity index (χ1n) is 8.40. The number of hydrogen-bond acceptors (Lipinski definition) is 5. The molecule has 0 fully saturated rings. The van der Waals surface area contributed by atoms with Gasteiger partial charge in [0.2, 0.25) is 15.9 Å².